The number of nitrogens with zero attached hydrogens (tertiary/aromatic N) is 5. The van der Waals surface area contributed by atoms with E-state index in [1.807, 2.05) is 13.8 Å². The fourth-order valence-electron chi connectivity index (χ4n) is 4.24. The van der Waals surface area contributed by atoms with Crippen molar-refractivity contribution in [3.8, 4) is 17.1 Å². The zero-order chi connectivity index (χ0) is 22.5. The van der Waals surface area contributed by atoms with Crippen LogP contribution in [0.5, 0.6) is 5.88 Å². The Hall–Kier alpha value is -3.01. The van der Waals surface area contributed by atoms with Gasteiger partial charge in [-0.3, -0.25) is 0 Å². The van der Waals surface area contributed by atoms with Crippen molar-refractivity contribution in [3.05, 3.63) is 42.5 Å². The lowest BCUT2D eigenvalue weighted by molar-refractivity contribution is 0.270. The van der Waals surface area contributed by atoms with Crippen LogP contribution in [0.15, 0.2) is 46.1 Å². The maximum Gasteiger partial charge on any atom is 0.324 e. The molecule has 3 aromatic rings. The van der Waals surface area contributed by atoms with Crippen molar-refractivity contribution in [3.63, 3.8) is 0 Å². The van der Waals surface area contributed by atoms with E-state index < -0.39 is 9.84 Å². The number of ether oxygens (including phenoxy) is 1. The van der Waals surface area contributed by atoms with Crippen LogP contribution in [-0.2, 0) is 9.84 Å². The van der Waals surface area contributed by atoms with Gasteiger partial charge in [-0.1, -0.05) is 31.1 Å². The first-order valence-electron chi connectivity index (χ1n) is 10.6. The van der Waals surface area contributed by atoms with Crippen molar-refractivity contribution in [2.45, 2.75) is 24.7 Å². The van der Waals surface area contributed by atoms with Crippen molar-refractivity contribution in [1.29, 1.82) is 0 Å². The van der Waals surface area contributed by atoms with E-state index in [1.54, 1.807) is 36.7 Å². The lowest BCUT2D eigenvalue weighted by Crippen LogP contribution is -2.25. The van der Waals surface area contributed by atoms with Gasteiger partial charge in [-0.05, 0) is 24.0 Å². The highest BCUT2D eigenvalue weighted by Gasteiger charge is 2.56. The number of sulfone groups is 1. The molecule has 3 heterocycles. The number of fused-ring (bicyclic) bond motifs is 1. The van der Waals surface area contributed by atoms with Crippen LogP contribution in [0.25, 0.3) is 11.3 Å². The first-order chi connectivity index (χ1) is 15.3. The van der Waals surface area contributed by atoms with Gasteiger partial charge in [0.15, 0.2) is 15.7 Å². The number of piperidine rings is 1. The van der Waals surface area contributed by atoms with Crippen molar-refractivity contribution in [1.82, 2.24) is 20.1 Å². The van der Waals surface area contributed by atoms with Crippen LogP contribution in [0.3, 0.4) is 0 Å². The number of hydrogen-bond donors (Lipinski definition) is 0. The topological polar surface area (TPSA) is 111 Å². The summed E-state index contributed by atoms with van der Waals surface area (Å²) in [5, 5.41) is 4.04. The van der Waals surface area contributed by atoms with Gasteiger partial charge in [0, 0.05) is 36.7 Å². The van der Waals surface area contributed by atoms with Gasteiger partial charge >= 0.3 is 6.01 Å². The van der Waals surface area contributed by atoms with Gasteiger partial charge in [0.2, 0.25) is 5.88 Å². The maximum absolute atomic E-state index is 11.6. The van der Waals surface area contributed by atoms with Crippen molar-refractivity contribution in [2.24, 2.45) is 17.8 Å². The molecule has 0 spiro atoms. The minimum Gasteiger partial charge on any atom is -0.476 e. The largest absolute Gasteiger partial charge is 0.476 e. The molecule has 0 N–H and O–H groups in total. The van der Waals surface area contributed by atoms with Crippen LogP contribution < -0.4 is 9.64 Å². The van der Waals surface area contributed by atoms with Crippen LogP contribution in [-0.4, -0.2) is 54.5 Å². The second-order valence-corrected chi connectivity index (χ2v) is 10.8. The SMILES string of the molecule is CC(C)c1noc(N2CC3[C@@H](COc4cnc(-c5ccc(S(C)(=O)=O)cc5)cn4)[C@@H]3C2)n1. The zero-order valence-corrected chi connectivity index (χ0v) is 19.0. The Morgan fingerprint density at radius 1 is 1.12 bits per heavy atom. The molecule has 1 saturated heterocycles. The number of rotatable bonds is 7. The smallest absolute Gasteiger partial charge is 0.324 e. The third-order valence-corrected chi connectivity index (χ3v) is 7.35. The van der Waals surface area contributed by atoms with Crippen molar-refractivity contribution in [2.75, 3.05) is 30.9 Å². The van der Waals surface area contributed by atoms with E-state index in [0.717, 1.165) is 24.5 Å². The summed E-state index contributed by atoms with van der Waals surface area (Å²) in [6.45, 7) is 6.53. The summed E-state index contributed by atoms with van der Waals surface area (Å²) in [7, 11) is -3.22. The van der Waals surface area contributed by atoms with Gasteiger partial charge in [0.25, 0.3) is 0 Å². The van der Waals surface area contributed by atoms with Crippen LogP contribution in [0.2, 0.25) is 0 Å². The molecule has 3 atom stereocenters. The highest BCUT2D eigenvalue weighted by Crippen LogP contribution is 2.52. The van der Waals surface area contributed by atoms with E-state index in [9.17, 15) is 8.42 Å². The minimum absolute atomic E-state index is 0.255. The van der Waals surface area contributed by atoms with Crippen LogP contribution >= 0.6 is 0 Å². The third-order valence-electron chi connectivity index (χ3n) is 6.22. The first kappa shape index (κ1) is 20.9. The summed E-state index contributed by atoms with van der Waals surface area (Å²) in [6, 6.07) is 7.22. The summed E-state index contributed by atoms with van der Waals surface area (Å²) in [5.41, 5.74) is 1.46. The standard InChI is InChI=1S/C22H25N5O4S/c1-13(2)21-25-22(31-26-21)27-10-16-17(11-27)18(16)12-30-20-9-23-19(8-24-20)14-4-6-15(7-5-14)32(3,28)29/h4-9,13,16-18H,10-12H2,1-3H3/t16-,17?,18+/m1/s1. The van der Waals surface area contributed by atoms with E-state index in [1.165, 1.54) is 6.26 Å². The lowest BCUT2D eigenvalue weighted by Gasteiger charge is -2.16. The number of hydrogen-bond acceptors (Lipinski definition) is 9. The summed E-state index contributed by atoms with van der Waals surface area (Å²) in [4.78, 5) is 15.7. The number of benzene rings is 1. The highest BCUT2D eigenvalue weighted by atomic mass is 32.2. The Labute approximate surface area is 186 Å². The molecule has 5 rings (SSSR count). The highest BCUT2D eigenvalue weighted by molar-refractivity contribution is 7.90. The van der Waals surface area contributed by atoms with E-state index in [4.69, 9.17) is 9.26 Å². The van der Waals surface area contributed by atoms with E-state index in [-0.39, 0.29) is 10.8 Å². The number of aromatic nitrogens is 4. The van der Waals surface area contributed by atoms with E-state index in [2.05, 4.69) is 25.0 Å². The monoisotopic (exact) mass is 455 g/mol. The van der Waals surface area contributed by atoms with Crippen LogP contribution in [0.1, 0.15) is 25.6 Å². The molecular weight excluding hydrogens is 430 g/mol. The Morgan fingerprint density at radius 3 is 2.41 bits per heavy atom. The van der Waals surface area contributed by atoms with E-state index in [0.29, 0.717) is 41.9 Å². The second kappa shape index (κ2) is 7.84. The van der Waals surface area contributed by atoms with E-state index >= 15 is 0 Å². The molecule has 10 heteroatoms. The molecule has 1 unspecified atom stereocenters. The fraction of sp³-hybridized carbons (Fsp3) is 0.455. The fourth-order valence-corrected chi connectivity index (χ4v) is 4.87. The van der Waals surface area contributed by atoms with Gasteiger partial charge in [-0.15, -0.1) is 0 Å². The average molecular weight is 456 g/mol. The maximum atomic E-state index is 11.6. The summed E-state index contributed by atoms with van der Waals surface area (Å²) in [5.74, 6) is 3.14. The Kier molecular flexibility index (Phi) is 5.11. The predicted octanol–water partition coefficient (Wildman–Crippen LogP) is 2.81. The molecule has 2 aliphatic rings. The normalized spacial score (nSPS) is 22.2. The molecule has 168 valence electrons. The van der Waals surface area contributed by atoms with Crippen molar-refractivity contribution >= 4 is 15.9 Å². The molecule has 9 nitrogen and oxygen atoms in total. The summed E-state index contributed by atoms with van der Waals surface area (Å²) in [6.07, 6.45) is 4.44. The molecule has 0 radical (unpaired) electrons. The minimum atomic E-state index is -3.22. The van der Waals surface area contributed by atoms with Gasteiger partial charge in [0.05, 0.1) is 29.6 Å². The molecular formula is C22H25N5O4S. The molecule has 0 bridgehead atoms. The zero-order valence-electron chi connectivity index (χ0n) is 18.2. The summed E-state index contributed by atoms with van der Waals surface area (Å²) >= 11 is 0. The molecule has 2 aromatic heterocycles. The molecule has 1 saturated carbocycles. The molecule has 0 amide bonds. The Balaban J connectivity index is 1.13. The Morgan fingerprint density at radius 2 is 1.84 bits per heavy atom. The quantitative estimate of drug-likeness (QED) is 0.531. The second-order valence-electron chi connectivity index (χ2n) is 8.83. The van der Waals surface area contributed by atoms with Gasteiger partial charge in [0.1, 0.15) is 0 Å². The van der Waals surface area contributed by atoms with Gasteiger partial charge in [-0.2, -0.15) is 4.98 Å². The number of anilines is 1. The van der Waals surface area contributed by atoms with Crippen LogP contribution in [0, 0.1) is 17.8 Å². The van der Waals surface area contributed by atoms with Gasteiger partial charge in [-0.25, -0.2) is 18.4 Å². The average Bonchev–Trinajstić information content (AvgIpc) is 3.16. The Bertz CT molecular complexity index is 1200. The van der Waals surface area contributed by atoms with Gasteiger partial charge < -0.3 is 14.2 Å². The van der Waals surface area contributed by atoms with Crippen molar-refractivity contribution < 1.29 is 17.7 Å². The lowest BCUT2D eigenvalue weighted by atomic mass is 10.2. The molecule has 32 heavy (non-hydrogen) atoms. The van der Waals surface area contributed by atoms with Crippen LogP contribution in [0.4, 0.5) is 6.01 Å². The third kappa shape index (κ3) is 4.06. The molecule has 1 aliphatic carbocycles. The predicted molar refractivity (Wildman–Crippen MR) is 117 cm³/mol. The molecule has 1 aromatic carbocycles. The first-order valence-corrected chi connectivity index (χ1v) is 12.5. The molecule has 1 aliphatic heterocycles. The summed E-state index contributed by atoms with van der Waals surface area (Å²) < 4.78 is 34.4. The molecule has 2 fully saturated rings.